The van der Waals surface area contributed by atoms with Crippen LogP contribution in [0, 0.1) is 6.92 Å². The quantitative estimate of drug-likeness (QED) is 0.719. The second-order valence-corrected chi connectivity index (χ2v) is 5.35. The highest BCUT2D eigenvalue weighted by molar-refractivity contribution is 5.24. The molecule has 3 aromatic heterocycles. The van der Waals surface area contributed by atoms with Crippen molar-refractivity contribution in [2.75, 3.05) is 0 Å². The fourth-order valence-corrected chi connectivity index (χ4v) is 2.93. The van der Waals surface area contributed by atoms with E-state index in [1.54, 1.807) is 6.20 Å². The van der Waals surface area contributed by atoms with Gasteiger partial charge in [-0.2, -0.15) is 9.78 Å². The van der Waals surface area contributed by atoms with Crippen molar-refractivity contribution < 1.29 is 0 Å². The third-order valence-corrected chi connectivity index (χ3v) is 3.92. The molecule has 4 heterocycles. The largest absolute Gasteiger partial charge is 0.270 e. The molecule has 6 heteroatoms. The predicted molar refractivity (Wildman–Crippen MR) is 77.2 cm³/mol. The molecular formula is C15H16N6. The van der Waals surface area contributed by atoms with E-state index in [1.807, 2.05) is 36.0 Å². The summed E-state index contributed by atoms with van der Waals surface area (Å²) in [5, 5.41) is 8.85. The van der Waals surface area contributed by atoms with Crippen molar-refractivity contribution in [1.29, 1.82) is 0 Å². The lowest BCUT2D eigenvalue weighted by Gasteiger charge is -2.22. The van der Waals surface area contributed by atoms with Crippen LogP contribution in [0.25, 0.3) is 5.82 Å². The second-order valence-electron chi connectivity index (χ2n) is 5.35. The molecule has 1 atom stereocenters. The van der Waals surface area contributed by atoms with Gasteiger partial charge in [0.2, 0.25) is 0 Å². The van der Waals surface area contributed by atoms with Gasteiger partial charge in [-0.25, -0.2) is 9.97 Å². The number of aryl methyl sites for hydroxylation is 2. The summed E-state index contributed by atoms with van der Waals surface area (Å²) in [6, 6.07) is 7.93. The molecular weight excluding hydrogens is 264 g/mol. The molecule has 4 rings (SSSR count). The zero-order valence-corrected chi connectivity index (χ0v) is 11.8. The van der Waals surface area contributed by atoms with Gasteiger partial charge in [0.05, 0.1) is 0 Å². The van der Waals surface area contributed by atoms with Gasteiger partial charge in [0.25, 0.3) is 0 Å². The van der Waals surface area contributed by atoms with Crippen LogP contribution in [0.4, 0.5) is 0 Å². The lowest BCUT2D eigenvalue weighted by Crippen LogP contribution is -2.21. The fourth-order valence-electron chi connectivity index (χ4n) is 2.93. The normalized spacial score (nSPS) is 17.7. The Hall–Kier alpha value is -2.50. The summed E-state index contributed by atoms with van der Waals surface area (Å²) in [5.74, 6) is 2.97. The van der Waals surface area contributed by atoms with Crippen molar-refractivity contribution >= 4 is 0 Å². The van der Waals surface area contributed by atoms with Crippen molar-refractivity contribution in [1.82, 2.24) is 29.5 Å². The molecule has 1 aliphatic rings. The molecule has 0 spiro atoms. The van der Waals surface area contributed by atoms with Crippen molar-refractivity contribution in [3.63, 3.8) is 0 Å². The van der Waals surface area contributed by atoms with Crippen molar-refractivity contribution in [3.8, 4) is 5.82 Å². The number of hydrogen-bond acceptors (Lipinski definition) is 4. The van der Waals surface area contributed by atoms with Crippen LogP contribution in [0.15, 0.2) is 36.7 Å². The lowest BCUT2D eigenvalue weighted by atomic mass is 9.95. The van der Waals surface area contributed by atoms with Gasteiger partial charge in [0.15, 0.2) is 5.82 Å². The minimum Gasteiger partial charge on any atom is -0.270 e. The van der Waals surface area contributed by atoms with Crippen LogP contribution in [-0.4, -0.2) is 29.5 Å². The van der Waals surface area contributed by atoms with Crippen LogP contribution < -0.4 is 0 Å². The van der Waals surface area contributed by atoms with E-state index in [4.69, 9.17) is 0 Å². The Morgan fingerprint density at radius 1 is 1.19 bits per heavy atom. The van der Waals surface area contributed by atoms with Crippen molar-refractivity contribution in [3.05, 3.63) is 54.0 Å². The van der Waals surface area contributed by atoms with Crippen molar-refractivity contribution in [2.45, 2.75) is 32.2 Å². The minimum atomic E-state index is 0.359. The first-order valence-corrected chi connectivity index (χ1v) is 7.17. The summed E-state index contributed by atoms with van der Waals surface area (Å²) in [5.41, 5.74) is 1.26. The number of pyridine rings is 1. The molecule has 0 N–H and O–H groups in total. The van der Waals surface area contributed by atoms with Gasteiger partial charge in [-0.1, -0.05) is 6.07 Å². The standard InChI is InChI=1S/C15H16N6/c1-11-18-15(21(19-11)14-4-2-3-7-16-14)12-6-9-20-13(10-12)5-8-17-20/h2-5,7-8,12H,6,9-10H2,1H3. The van der Waals surface area contributed by atoms with Crippen molar-refractivity contribution in [2.24, 2.45) is 0 Å². The van der Waals surface area contributed by atoms with Gasteiger partial charge < -0.3 is 0 Å². The summed E-state index contributed by atoms with van der Waals surface area (Å²) in [6.45, 7) is 2.86. The first kappa shape index (κ1) is 12.3. The fraction of sp³-hybridized carbons (Fsp3) is 0.333. The Balaban J connectivity index is 1.73. The molecule has 0 aromatic carbocycles. The van der Waals surface area contributed by atoms with Gasteiger partial charge in [-0.15, -0.1) is 5.10 Å². The number of fused-ring (bicyclic) bond motifs is 1. The lowest BCUT2D eigenvalue weighted by molar-refractivity contribution is 0.423. The van der Waals surface area contributed by atoms with Gasteiger partial charge in [0, 0.05) is 30.6 Å². The summed E-state index contributed by atoms with van der Waals surface area (Å²) in [4.78, 5) is 9.05. The molecule has 106 valence electrons. The Labute approximate surface area is 122 Å². The van der Waals surface area contributed by atoms with Gasteiger partial charge in [0.1, 0.15) is 11.6 Å². The Morgan fingerprint density at radius 2 is 2.14 bits per heavy atom. The third-order valence-electron chi connectivity index (χ3n) is 3.92. The van der Waals surface area contributed by atoms with E-state index >= 15 is 0 Å². The van der Waals surface area contributed by atoms with Crippen LogP contribution in [0.2, 0.25) is 0 Å². The summed E-state index contributed by atoms with van der Waals surface area (Å²) in [7, 11) is 0. The smallest absolute Gasteiger partial charge is 0.155 e. The molecule has 3 aromatic rings. The molecule has 0 fully saturated rings. The van der Waals surface area contributed by atoms with Gasteiger partial charge in [-0.05, 0) is 38.0 Å². The van der Waals surface area contributed by atoms with E-state index in [-0.39, 0.29) is 0 Å². The Morgan fingerprint density at radius 3 is 3.00 bits per heavy atom. The molecule has 0 radical (unpaired) electrons. The van der Waals surface area contributed by atoms with Crippen LogP contribution in [0.1, 0.15) is 29.7 Å². The van der Waals surface area contributed by atoms with E-state index in [9.17, 15) is 0 Å². The first-order valence-electron chi connectivity index (χ1n) is 7.17. The van der Waals surface area contributed by atoms with Crippen LogP contribution in [0.5, 0.6) is 0 Å². The summed E-state index contributed by atoms with van der Waals surface area (Å²) in [6.07, 6.45) is 5.63. The monoisotopic (exact) mass is 280 g/mol. The van der Waals surface area contributed by atoms with Gasteiger partial charge >= 0.3 is 0 Å². The molecule has 21 heavy (non-hydrogen) atoms. The van der Waals surface area contributed by atoms with E-state index in [2.05, 4.69) is 30.9 Å². The van der Waals surface area contributed by atoms with Crippen LogP contribution >= 0.6 is 0 Å². The average Bonchev–Trinajstić information content (AvgIpc) is 3.13. The maximum absolute atomic E-state index is 4.65. The average molecular weight is 280 g/mol. The van der Waals surface area contributed by atoms with E-state index in [1.165, 1.54) is 5.69 Å². The highest BCUT2D eigenvalue weighted by Gasteiger charge is 2.26. The molecule has 0 saturated carbocycles. The highest BCUT2D eigenvalue weighted by Crippen LogP contribution is 2.28. The zero-order chi connectivity index (χ0) is 14.2. The molecule has 0 bridgehead atoms. The van der Waals surface area contributed by atoms with Crippen LogP contribution in [0.3, 0.4) is 0 Å². The maximum atomic E-state index is 4.65. The minimum absolute atomic E-state index is 0.359. The predicted octanol–water partition coefficient (Wildman–Crippen LogP) is 1.90. The van der Waals surface area contributed by atoms with Gasteiger partial charge in [-0.3, -0.25) is 4.68 Å². The number of rotatable bonds is 2. The number of aromatic nitrogens is 6. The molecule has 0 saturated heterocycles. The molecule has 0 amide bonds. The molecule has 1 aliphatic heterocycles. The Kier molecular flexibility index (Phi) is 2.80. The SMILES string of the molecule is Cc1nc(C2CCn3nccc3C2)n(-c2ccccn2)n1. The van der Waals surface area contributed by atoms with E-state index < -0.39 is 0 Å². The number of nitrogens with zero attached hydrogens (tertiary/aromatic N) is 6. The highest BCUT2D eigenvalue weighted by atomic mass is 15.4. The topological polar surface area (TPSA) is 61.4 Å². The molecule has 0 aliphatic carbocycles. The van der Waals surface area contributed by atoms with Crippen LogP contribution in [-0.2, 0) is 13.0 Å². The molecule has 1 unspecified atom stereocenters. The zero-order valence-electron chi connectivity index (χ0n) is 11.8. The third kappa shape index (κ3) is 2.12. The summed E-state index contributed by atoms with van der Waals surface area (Å²) >= 11 is 0. The van der Waals surface area contributed by atoms with E-state index in [0.29, 0.717) is 5.92 Å². The first-order chi connectivity index (χ1) is 10.3. The Bertz CT molecular complexity index is 758. The maximum Gasteiger partial charge on any atom is 0.155 e. The second kappa shape index (κ2) is 4.80. The summed E-state index contributed by atoms with van der Waals surface area (Å²) < 4.78 is 3.96. The number of hydrogen-bond donors (Lipinski definition) is 0. The van der Waals surface area contributed by atoms with E-state index in [0.717, 1.165) is 36.9 Å². The molecule has 6 nitrogen and oxygen atoms in total.